The number of hydrogen-bond donors (Lipinski definition) is 2. The Morgan fingerprint density at radius 3 is 2.72 bits per heavy atom. The van der Waals surface area contributed by atoms with Crippen LogP contribution in [0.4, 0.5) is 5.69 Å². The van der Waals surface area contributed by atoms with Crippen molar-refractivity contribution in [3.63, 3.8) is 0 Å². The van der Waals surface area contributed by atoms with Crippen LogP contribution >= 0.6 is 12.2 Å². The van der Waals surface area contributed by atoms with Gasteiger partial charge in [-0.3, -0.25) is 0 Å². The van der Waals surface area contributed by atoms with Gasteiger partial charge in [0, 0.05) is 11.3 Å². The number of oxazole rings is 1. The summed E-state index contributed by atoms with van der Waals surface area (Å²) in [6.07, 6.45) is 0. The zero-order valence-corrected chi connectivity index (χ0v) is 11.2. The Morgan fingerprint density at radius 2 is 2.11 bits per heavy atom. The Morgan fingerprint density at radius 1 is 1.39 bits per heavy atom. The van der Waals surface area contributed by atoms with Gasteiger partial charge in [-0.1, -0.05) is 24.4 Å². The minimum absolute atomic E-state index is 0.373. The van der Waals surface area contributed by atoms with Gasteiger partial charge < -0.3 is 15.5 Å². The van der Waals surface area contributed by atoms with E-state index in [2.05, 4.69) is 10.3 Å². The Kier molecular flexibility index (Phi) is 3.62. The Balaban J connectivity index is 2.13. The third-order valence-corrected chi connectivity index (χ3v) is 2.92. The van der Waals surface area contributed by atoms with E-state index in [0.717, 1.165) is 22.7 Å². The molecule has 0 amide bonds. The summed E-state index contributed by atoms with van der Waals surface area (Å²) in [5.41, 5.74) is 8.29. The predicted molar refractivity (Wildman–Crippen MR) is 75.6 cm³/mol. The van der Waals surface area contributed by atoms with Crippen LogP contribution in [0.15, 0.2) is 28.7 Å². The van der Waals surface area contributed by atoms with Crippen molar-refractivity contribution in [2.75, 3.05) is 5.32 Å². The number of para-hydroxylation sites is 1. The number of rotatable bonds is 4. The van der Waals surface area contributed by atoms with Crippen LogP contribution in [0.5, 0.6) is 0 Å². The van der Waals surface area contributed by atoms with E-state index in [4.69, 9.17) is 22.4 Å². The maximum absolute atomic E-state index is 5.66. The van der Waals surface area contributed by atoms with E-state index < -0.39 is 0 Å². The molecule has 0 aliphatic carbocycles. The lowest BCUT2D eigenvalue weighted by atomic mass is 10.2. The van der Waals surface area contributed by atoms with Crippen LogP contribution in [0.2, 0.25) is 0 Å². The lowest BCUT2D eigenvalue weighted by Crippen LogP contribution is -2.13. The summed E-state index contributed by atoms with van der Waals surface area (Å²) in [6, 6.07) is 7.64. The molecule has 4 nitrogen and oxygen atoms in total. The molecule has 0 aliphatic heterocycles. The van der Waals surface area contributed by atoms with Gasteiger partial charge in [-0.2, -0.15) is 0 Å². The summed E-state index contributed by atoms with van der Waals surface area (Å²) in [5, 5.41) is 3.23. The van der Waals surface area contributed by atoms with Gasteiger partial charge in [0.2, 0.25) is 5.89 Å². The topological polar surface area (TPSA) is 64.1 Å². The first kappa shape index (κ1) is 12.6. The third kappa shape index (κ3) is 2.68. The van der Waals surface area contributed by atoms with E-state index in [0.29, 0.717) is 17.4 Å². The van der Waals surface area contributed by atoms with Crippen LogP contribution < -0.4 is 11.1 Å². The van der Waals surface area contributed by atoms with Crippen LogP contribution in [0.3, 0.4) is 0 Å². The van der Waals surface area contributed by atoms with Crippen LogP contribution in [-0.4, -0.2) is 9.97 Å². The standard InChI is InChI=1S/C13H15N3OS/c1-8-9(2)17-12(16-8)7-15-11-6-4-3-5-10(11)13(14)18/h3-6,15H,7H2,1-2H3,(H2,14,18). The largest absolute Gasteiger partial charge is 0.444 e. The Bertz CT molecular complexity index is 558. The normalized spacial score (nSPS) is 10.3. The molecule has 5 heteroatoms. The van der Waals surface area contributed by atoms with Crippen molar-refractivity contribution < 1.29 is 4.42 Å². The summed E-state index contributed by atoms with van der Waals surface area (Å²) < 4.78 is 5.50. The molecular formula is C13H15N3OS. The van der Waals surface area contributed by atoms with E-state index in [1.54, 1.807) is 0 Å². The third-order valence-electron chi connectivity index (χ3n) is 2.70. The Labute approximate surface area is 111 Å². The van der Waals surface area contributed by atoms with Gasteiger partial charge in [0.25, 0.3) is 0 Å². The highest BCUT2D eigenvalue weighted by Crippen LogP contribution is 2.16. The molecule has 0 bridgehead atoms. The number of nitrogens with one attached hydrogen (secondary N) is 1. The first-order valence-electron chi connectivity index (χ1n) is 5.63. The number of nitrogens with two attached hydrogens (primary N) is 1. The van der Waals surface area contributed by atoms with Crippen molar-refractivity contribution in [2.24, 2.45) is 5.73 Å². The van der Waals surface area contributed by atoms with Gasteiger partial charge in [0.05, 0.1) is 12.2 Å². The summed E-state index contributed by atoms with van der Waals surface area (Å²) >= 11 is 5.00. The molecule has 0 unspecified atom stereocenters. The maximum atomic E-state index is 5.66. The van der Waals surface area contributed by atoms with E-state index in [1.807, 2.05) is 38.1 Å². The van der Waals surface area contributed by atoms with Crippen molar-refractivity contribution in [2.45, 2.75) is 20.4 Å². The fourth-order valence-electron chi connectivity index (χ4n) is 1.64. The summed E-state index contributed by atoms with van der Waals surface area (Å²) in [4.78, 5) is 4.68. The molecule has 0 saturated heterocycles. The van der Waals surface area contributed by atoms with Gasteiger partial charge in [-0.25, -0.2) is 4.98 Å². The monoisotopic (exact) mass is 261 g/mol. The molecule has 1 aromatic carbocycles. The molecular weight excluding hydrogens is 246 g/mol. The number of benzene rings is 1. The first-order chi connectivity index (χ1) is 8.58. The number of aryl methyl sites for hydroxylation is 2. The zero-order chi connectivity index (χ0) is 13.1. The second-order valence-electron chi connectivity index (χ2n) is 4.01. The van der Waals surface area contributed by atoms with Gasteiger partial charge in [0.1, 0.15) is 10.7 Å². The fourth-order valence-corrected chi connectivity index (χ4v) is 1.82. The first-order valence-corrected chi connectivity index (χ1v) is 6.04. The summed E-state index contributed by atoms with van der Waals surface area (Å²) in [5.74, 6) is 1.50. The number of aromatic nitrogens is 1. The van der Waals surface area contributed by atoms with Crippen LogP contribution in [0.25, 0.3) is 0 Å². The zero-order valence-electron chi connectivity index (χ0n) is 10.4. The number of hydrogen-bond acceptors (Lipinski definition) is 4. The van der Waals surface area contributed by atoms with E-state index in [1.165, 1.54) is 0 Å². The van der Waals surface area contributed by atoms with Gasteiger partial charge in [0.15, 0.2) is 0 Å². The molecule has 18 heavy (non-hydrogen) atoms. The van der Waals surface area contributed by atoms with Crippen molar-refractivity contribution in [1.29, 1.82) is 0 Å². The molecule has 1 aromatic heterocycles. The molecule has 3 N–H and O–H groups in total. The molecule has 0 spiro atoms. The minimum atomic E-state index is 0.373. The number of thiocarbonyl (C=S) groups is 1. The number of anilines is 1. The van der Waals surface area contributed by atoms with Crippen molar-refractivity contribution in [1.82, 2.24) is 4.98 Å². The summed E-state index contributed by atoms with van der Waals surface area (Å²) in [6.45, 7) is 4.33. The molecule has 94 valence electrons. The maximum Gasteiger partial charge on any atom is 0.213 e. The second-order valence-corrected chi connectivity index (χ2v) is 4.45. The number of nitrogens with zero attached hydrogens (tertiary/aromatic N) is 1. The molecule has 0 atom stereocenters. The van der Waals surface area contributed by atoms with Crippen molar-refractivity contribution in [3.8, 4) is 0 Å². The van der Waals surface area contributed by atoms with Gasteiger partial charge in [-0.15, -0.1) is 0 Å². The quantitative estimate of drug-likeness (QED) is 0.828. The highest BCUT2D eigenvalue weighted by atomic mass is 32.1. The molecule has 0 saturated carbocycles. The van der Waals surface area contributed by atoms with E-state index in [-0.39, 0.29) is 0 Å². The molecule has 2 rings (SSSR count). The van der Waals surface area contributed by atoms with Crippen molar-refractivity contribution >= 4 is 22.9 Å². The van der Waals surface area contributed by atoms with Gasteiger partial charge >= 0.3 is 0 Å². The van der Waals surface area contributed by atoms with Crippen LogP contribution in [-0.2, 0) is 6.54 Å². The lowest BCUT2D eigenvalue weighted by molar-refractivity contribution is 0.478. The Hall–Kier alpha value is -1.88. The van der Waals surface area contributed by atoms with E-state index >= 15 is 0 Å². The molecule has 0 radical (unpaired) electrons. The van der Waals surface area contributed by atoms with Gasteiger partial charge in [-0.05, 0) is 26.0 Å². The average Bonchev–Trinajstić information content (AvgIpc) is 2.66. The minimum Gasteiger partial charge on any atom is -0.444 e. The lowest BCUT2D eigenvalue weighted by Gasteiger charge is -2.09. The molecule has 2 aromatic rings. The second kappa shape index (κ2) is 5.18. The van der Waals surface area contributed by atoms with Crippen molar-refractivity contribution in [3.05, 3.63) is 47.2 Å². The van der Waals surface area contributed by atoms with E-state index in [9.17, 15) is 0 Å². The fraction of sp³-hybridized carbons (Fsp3) is 0.231. The predicted octanol–water partition coefficient (Wildman–Crippen LogP) is 2.54. The van der Waals surface area contributed by atoms with Crippen LogP contribution in [0.1, 0.15) is 22.9 Å². The SMILES string of the molecule is Cc1nc(CNc2ccccc2C(N)=S)oc1C. The smallest absolute Gasteiger partial charge is 0.213 e. The van der Waals surface area contributed by atoms with Crippen LogP contribution in [0, 0.1) is 13.8 Å². The highest BCUT2D eigenvalue weighted by Gasteiger charge is 2.07. The average molecular weight is 261 g/mol. The molecule has 0 fully saturated rings. The molecule has 1 heterocycles. The highest BCUT2D eigenvalue weighted by molar-refractivity contribution is 7.80. The molecule has 0 aliphatic rings. The summed E-state index contributed by atoms with van der Waals surface area (Å²) in [7, 11) is 0.